The quantitative estimate of drug-likeness (QED) is 0.679. The Morgan fingerprint density at radius 3 is 2.53 bits per heavy atom. The molecule has 0 bridgehead atoms. The molecule has 1 aromatic carbocycles. The van der Waals surface area contributed by atoms with E-state index in [1.165, 1.54) is 0 Å². The fraction of sp³-hybridized carbons (Fsp3) is 0.222. The van der Waals surface area contributed by atoms with Crippen molar-refractivity contribution >= 4 is 27.7 Å². The molecule has 0 atom stereocenters. The van der Waals surface area contributed by atoms with Crippen molar-refractivity contribution in [2.24, 2.45) is 0 Å². The van der Waals surface area contributed by atoms with Crippen molar-refractivity contribution in [2.75, 3.05) is 6.61 Å². The Morgan fingerprint density at radius 1 is 1.42 bits per heavy atom. The van der Waals surface area contributed by atoms with Crippen LogP contribution in [0.3, 0.4) is 0 Å². The van der Waals surface area contributed by atoms with Crippen LogP contribution in [0.2, 0.25) is 5.02 Å². The molecule has 0 saturated heterocycles. The molecule has 19 heavy (non-hydrogen) atoms. The van der Waals surface area contributed by atoms with Crippen LogP contribution in [0.4, 0.5) is 13.2 Å². The summed E-state index contributed by atoms with van der Waals surface area (Å²) in [5.74, 6) is -2.43. The van der Waals surface area contributed by atoms with Gasteiger partial charge in [0, 0.05) is 0 Å². The zero-order chi connectivity index (χ0) is 14.8. The van der Waals surface area contributed by atoms with Crippen molar-refractivity contribution in [3.63, 3.8) is 0 Å². The van der Waals surface area contributed by atoms with Gasteiger partial charge < -0.3 is 4.74 Å². The molecule has 106 valence electrons. The van der Waals surface area contributed by atoms with Crippen molar-refractivity contribution in [3.8, 4) is 0 Å². The second kappa shape index (κ2) is 5.35. The summed E-state index contributed by atoms with van der Waals surface area (Å²) in [6.07, 6.45) is 0. The number of halogens is 4. The summed E-state index contributed by atoms with van der Waals surface area (Å²) in [5.41, 5.74) is -0.548. The topological polar surface area (TPSA) is 80.7 Å². The molecule has 0 radical (unpaired) electrons. The first-order valence-electron chi connectivity index (χ1n) is 4.52. The smallest absolute Gasteiger partial charge is 0.402 e. The highest BCUT2D eigenvalue weighted by Gasteiger charge is 2.45. The van der Waals surface area contributed by atoms with Crippen LogP contribution in [0.1, 0.15) is 10.4 Å². The lowest BCUT2D eigenvalue weighted by Crippen LogP contribution is -2.34. The molecule has 0 aliphatic heterocycles. The fourth-order valence-electron chi connectivity index (χ4n) is 0.963. The summed E-state index contributed by atoms with van der Waals surface area (Å²) >= 11 is 5.40. The molecular formula is C9H6ClF3O5S. The predicted molar refractivity (Wildman–Crippen MR) is 58.2 cm³/mol. The average Bonchev–Trinajstić information content (AvgIpc) is 2.28. The van der Waals surface area contributed by atoms with Gasteiger partial charge in [0.05, 0.1) is 10.6 Å². The molecule has 1 N–H and O–H groups in total. The molecule has 1 rings (SSSR count). The first kappa shape index (κ1) is 15.7. The maximum atomic E-state index is 13.0. The van der Waals surface area contributed by atoms with E-state index in [4.69, 9.17) is 16.2 Å². The number of carbonyl (C=O) groups is 1. The van der Waals surface area contributed by atoms with Crippen LogP contribution in [0, 0.1) is 5.82 Å². The molecule has 10 heteroatoms. The van der Waals surface area contributed by atoms with E-state index in [1.54, 1.807) is 0 Å². The molecule has 1 aromatic rings. The molecule has 0 unspecified atom stereocenters. The summed E-state index contributed by atoms with van der Waals surface area (Å²) in [6, 6.07) is 3.00. The molecule has 0 aromatic heterocycles. The molecule has 5 nitrogen and oxygen atoms in total. The first-order chi connectivity index (χ1) is 8.56. The van der Waals surface area contributed by atoms with Gasteiger partial charge in [-0.25, -0.2) is 9.18 Å². The number of hydrogen-bond acceptors (Lipinski definition) is 4. The lowest BCUT2D eigenvalue weighted by atomic mass is 10.2. The third kappa shape index (κ3) is 3.58. The third-order valence-electron chi connectivity index (χ3n) is 1.92. The van der Waals surface area contributed by atoms with Crippen molar-refractivity contribution in [3.05, 3.63) is 34.6 Å². The van der Waals surface area contributed by atoms with E-state index in [0.717, 1.165) is 18.2 Å². The second-order valence-electron chi connectivity index (χ2n) is 3.29. The summed E-state index contributed by atoms with van der Waals surface area (Å²) in [4.78, 5) is 11.3. The van der Waals surface area contributed by atoms with E-state index < -0.39 is 44.4 Å². The molecule has 0 heterocycles. The summed E-state index contributed by atoms with van der Waals surface area (Å²) in [7, 11) is -5.72. The van der Waals surface area contributed by atoms with Crippen molar-refractivity contribution < 1.29 is 35.7 Å². The highest BCUT2D eigenvalue weighted by atomic mass is 35.5. The predicted octanol–water partition coefficient (Wildman–Crippen LogP) is 2.12. The van der Waals surface area contributed by atoms with Gasteiger partial charge in [0.15, 0.2) is 6.61 Å². The normalized spacial score (nSPS) is 12.3. The molecule has 0 fully saturated rings. The Bertz CT molecular complexity index is 602. The second-order valence-corrected chi connectivity index (χ2v) is 5.22. The Kier molecular flexibility index (Phi) is 4.43. The van der Waals surface area contributed by atoms with Gasteiger partial charge in [0.1, 0.15) is 5.82 Å². The van der Waals surface area contributed by atoms with Crippen LogP contribution in [0.25, 0.3) is 0 Å². The fourth-order valence-corrected chi connectivity index (χ4v) is 1.37. The van der Waals surface area contributed by atoms with Gasteiger partial charge in [0.2, 0.25) is 0 Å². The SMILES string of the molecule is O=C(OCC(F)(F)S(=O)(=O)O)c1cccc(F)c1Cl. The van der Waals surface area contributed by atoms with Crippen molar-refractivity contribution in [2.45, 2.75) is 5.25 Å². The van der Waals surface area contributed by atoms with Crippen molar-refractivity contribution in [1.29, 1.82) is 0 Å². The lowest BCUT2D eigenvalue weighted by molar-refractivity contribution is -0.00951. The van der Waals surface area contributed by atoms with Gasteiger partial charge in [-0.05, 0) is 12.1 Å². The largest absolute Gasteiger partial charge is 0.454 e. The minimum atomic E-state index is -5.72. The van der Waals surface area contributed by atoms with Crippen LogP contribution < -0.4 is 0 Å². The minimum absolute atomic E-state index is 0.548. The average molecular weight is 319 g/mol. The Hall–Kier alpha value is -1.32. The maximum absolute atomic E-state index is 13.0. The molecule has 0 amide bonds. The van der Waals surface area contributed by atoms with E-state index in [-0.39, 0.29) is 0 Å². The highest BCUT2D eigenvalue weighted by molar-refractivity contribution is 7.86. The van der Waals surface area contributed by atoms with Gasteiger partial charge in [-0.1, -0.05) is 17.7 Å². The van der Waals surface area contributed by atoms with Crippen LogP contribution in [0.5, 0.6) is 0 Å². The van der Waals surface area contributed by atoms with E-state index in [0.29, 0.717) is 0 Å². The number of alkyl halides is 2. The number of benzene rings is 1. The zero-order valence-electron chi connectivity index (χ0n) is 8.94. The van der Waals surface area contributed by atoms with Crippen molar-refractivity contribution in [1.82, 2.24) is 0 Å². The van der Waals surface area contributed by atoms with Crippen LogP contribution in [-0.2, 0) is 14.9 Å². The molecule has 0 aliphatic carbocycles. The van der Waals surface area contributed by atoms with E-state index in [9.17, 15) is 26.4 Å². The highest BCUT2D eigenvalue weighted by Crippen LogP contribution is 2.24. The molecular weight excluding hydrogens is 313 g/mol. The minimum Gasteiger partial charge on any atom is -0.454 e. The number of esters is 1. The molecule has 0 aliphatic rings. The number of carbonyl (C=O) groups excluding carboxylic acids is 1. The maximum Gasteiger partial charge on any atom is 0.402 e. The lowest BCUT2D eigenvalue weighted by Gasteiger charge is -2.13. The van der Waals surface area contributed by atoms with Gasteiger partial charge in [-0.2, -0.15) is 17.2 Å². The first-order valence-corrected chi connectivity index (χ1v) is 6.34. The van der Waals surface area contributed by atoms with Gasteiger partial charge >= 0.3 is 21.3 Å². The van der Waals surface area contributed by atoms with Crippen LogP contribution >= 0.6 is 11.6 Å². The zero-order valence-corrected chi connectivity index (χ0v) is 10.5. The van der Waals surface area contributed by atoms with E-state index >= 15 is 0 Å². The van der Waals surface area contributed by atoms with Crippen LogP contribution in [-0.4, -0.2) is 30.8 Å². The van der Waals surface area contributed by atoms with E-state index in [1.807, 2.05) is 0 Å². The third-order valence-corrected chi connectivity index (χ3v) is 3.18. The number of ether oxygens (including phenoxy) is 1. The summed E-state index contributed by atoms with van der Waals surface area (Å²) in [5, 5.41) is -5.31. The summed E-state index contributed by atoms with van der Waals surface area (Å²) in [6.45, 7) is -1.92. The van der Waals surface area contributed by atoms with Gasteiger partial charge in [-0.3, -0.25) is 4.55 Å². The van der Waals surface area contributed by atoms with Crippen LogP contribution in [0.15, 0.2) is 18.2 Å². The Labute approximate surface area is 110 Å². The Balaban J connectivity index is 2.85. The monoisotopic (exact) mass is 318 g/mol. The van der Waals surface area contributed by atoms with E-state index in [2.05, 4.69) is 4.74 Å². The summed E-state index contributed by atoms with van der Waals surface area (Å²) < 4.78 is 71.2. The molecule has 0 saturated carbocycles. The van der Waals surface area contributed by atoms with Gasteiger partial charge in [-0.15, -0.1) is 0 Å². The number of hydrogen-bond donors (Lipinski definition) is 1. The Morgan fingerprint density at radius 2 is 2.00 bits per heavy atom. The van der Waals surface area contributed by atoms with Gasteiger partial charge in [0.25, 0.3) is 0 Å². The standard InChI is InChI=1S/C9H6ClF3O5S/c10-7-5(2-1-3-6(7)11)8(14)18-4-9(12,13)19(15,16)17/h1-3H,4H2,(H,15,16,17). The number of rotatable bonds is 4. The molecule has 0 spiro atoms.